The first-order valence-electron chi connectivity index (χ1n) is 5.60. The van der Waals surface area contributed by atoms with Crippen LogP contribution in [0.25, 0.3) is 0 Å². The van der Waals surface area contributed by atoms with Gasteiger partial charge in [-0.05, 0) is 35.7 Å². The molecule has 1 heterocycles. The van der Waals surface area contributed by atoms with Crippen LogP contribution < -0.4 is 10.6 Å². The molecule has 0 aliphatic heterocycles. The Kier molecular flexibility index (Phi) is 4.38. The van der Waals surface area contributed by atoms with Crippen LogP contribution in [-0.2, 0) is 16.7 Å². The number of amides is 2. The van der Waals surface area contributed by atoms with Crippen molar-refractivity contribution in [3.05, 3.63) is 46.7 Å². The summed E-state index contributed by atoms with van der Waals surface area (Å²) in [5.41, 5.74) is 0.432. The number of benzene rings is 1. The summed E-state index contributed by atoms with van der Waals surface area (Å²) in [5.74, 6) is 0. The number of nitrogens with one attached hydrogen (secondary N) is 2. The van der Waals surface area contributed by atoms with Crippen LogP contribution in [0, 0.1) is 0 Å². The van der Waals surface area contributed by atoms with E-state index in [1.165, 1.54) is 35.6 Å². The minimum Gasteiger partial charge on any atom is -0.333 e. The first kappa shape index (κ1) is 14.5. The quantitative estimate of drug-likeness (QED) is 0.755. The Labute approximate surface area is 120 Å². The number of urea groups is 1. The fourth-order valence-electron chi connectivity index (χ4n) is 1.47. The van der Waals surface area contributed by atoms with E-state index in [1.807, 2.05) is 17.5 Å². The average Bonchev–Trinajstić information content (AvgIpc) is 2.89. The molecule has 6 nitrogen and oxygen atoms in total. The van der Waals surface area contributed by atoms with Crippen molar-refractivity contribution in [2.24, 2.45) is 0 Å². The van der Waals surface area contributed by atoms with Gasteiger partial charge in [-0.25, -0.2) is 4.79 Å². The molecule has 0 bridgehead atoms. The van der Waals surface area contributed by atoms with Gasteiger partial charge >= 0.3 is 6.03 Å². The van der Waals surface area contributed by atoms with E-state index in [1.54, 1.807) is 0 Å². The molecule has 0 aliphatic carbocycles. The van der Waals surface area contributed by atoms with Crippen LogP contribution in [0.15, 0.2) is 46.7 Å². The van der Waals surface area contributed by atoms with E-state index >= 15 is 0 Å². The van der Waals surface area contributed by atoms with Crippen LogP contribution in [0.4, 0.5) is 10.5 Å². The maximum Gasteiger partial charge on any atom is 0.319 e. The Morgan fingerprint density at radius 1 is 1.20 bits per heavy atom. The van der Waals surface area contributed by atoms with Crippen LogP contribution in [-0.4, -0.2) is 19.0 Å². The minimum atomic E-state index is -4.21. The molecule has 1 aromatic heterocycles. The normalized spacial score (nSPS) is 11.1. The van der Waals surface area contributed by atoms with Crippen molar-refractivity contribution in [2.45, 2.75) is 11.4 Å². The highest BCUT2D eigenvalue weighted by molar-refractivity contribution is 7.85. The van der Waals surface area contributed by atoms with E-state index in [0.717, 1.165) is 4.88 Å². The molecule has 1 aromatic carbocycles. The number of hydrogen-bond donors (Lipinski definition) is 3. The second-order valence-corrected chi connectivity index (χ2v) is 6.34. The van der Waals surface area contributed by atoms with Crippen molar-refractivity contribution in [1.82, 2.24) is 5.32 Å². The van der Waals surface area contributed by atoms with Gasteiger partial charge in [0.25, 0.3) is 10.1 Å². The highest BCUT2D eigenvalue weighted by Gasteiger charge is 2.09. The van der Waals surface area contributed by atoms with E-state index in [9.17, 15) is 13.2 Å². The summed E-state index contributed by atoms with van der Waals surface area (Å²) >= 11 is 1.54. The third-order valence-corrected chi connectivity index (χ3v) is 4.16. The monoisotopic (exact) mass is 312 g/mol. The van der Waals surface area contributed by atoms with Gasteiger partial charge in [-0.1, -0.05) is 6.07 Å². The SMILES string of the molecule is O=C(NCc1cccs1)Nc1ccc(S(=O)(=O)O)cc1. The molecule has 0 saturated carbocycles. The van der Waals surface area contributed by atoms with Crippen molar-refractivity contribution in [3.63, 3.8) is 0 Å². The summed E-state index contributed by atoms with van der Waals surface area (Å²) in [6.07, 6.45) is 0. The third-order valence-electron chi connectivity index (χ3n) is 2.41. The van der Waals surface area contributed by atoms with Crippen molar-refractivity contribution in [1.29, 1.82) is 0 Å². The van der Waals surface area contributed by atoms with Crippen LogP contribution in [0.5, 0.6) is 0 Å². The Balaban J connectivity index is 1.91. The summed E-state index contributed by atoms with van der Waals surface area (Å²) in [6, 6.07) is 8.63. The van der Waals surface area contributed by atoms with Gasteiger partial charge in [-0.15, -0.1) is 11.3 Å². The summed E-state index contributed by atoms with van der Waals surface area (Å²) < 4.78 is 30.5. The van der Waals surface area contributed by atoms with Gasteiger partial charge in [0, 0.05) is 10.6 Å². The van der Waals surface area contributed by atoms with Crippen molar-refractivity contribution >= 4 is 33.2 Å². The standard InChI is InChI=1S/C12H12N2O4S2/c15-12(13-8-10-2-1-7-19-10)14-9-3-5-11(6-4-9)20(16,17)18/h1-7H,8H2,(H2,13,14,15)(H,16,17,18). The van der Waals surface area contributed by atoms with E-state index in [-0.39, 0.29) is 4.90 Å². The molecule has 0 radical (unpaired) electrons. The van der Waals surface area contributed by atoms with Crippen LogP contribution in [0.1, 0.15) is 4.88 Å². The number of hydrogen-bond acceptors (Lipinski definition) is 4. The minimum absolute atomic E-state index is 0.220. The van der Waals surface area contributed by atoms with E-state index < -0.39 is 16.1 Å². The molecular formula is C12H12N2O4S2. The highest BCUT2D eigenvalue weighted by Crippen LogP contribution is 2.13. The molecule has 8 heteroatoms. The number of carbonyl (C=O) groups is 1. The molecular weight excluding hydrogens is 300 g/mol. The average molecular weight is 312 g/mol. The molecule has 106 valence electrons. The van der Waals surface area contributed by atoms with E-state index in [0.29, 0.717) is 12.2 Å². The van der Waals surface area contributed by atoms with Crippen molar-refractivity contribution < 1.29 is 17.8 Å². The van der Waals surface area contributed by atoms with E-state index in [4.69, 9.17) is 4.55 Å². The van der Waals surface area contributed by atoms with Gasteiger partial charge in [0.1, 0.15) is 0 Å². The zero-order chi connectivity index (χ0) is 14.6. The molecule has 2 aromatic rings. The van der Waals surface area contributed by atoms with Gasteiger partial charge in [-0.2, -0.15) is 8.42 Å². The predicted molar refractivity (Wildman–Crippen MR) is 76.4 cm³/mol. The molecule has 0 saturated heterocycles. The highest BCUT2D eigenvalue weighted by atomic mass is 32.2. The number of thiophene rings is 1. The predicted octanol–water partition coefficient (Wildman–Crippen LogP) is 2.32. The Morgan fingerprint density at radius 3 is 2.45 bits per heavy atom. The van der Waals surface area contributed by atoms with Gasteiger partial charge < -0.3 is 10.6 Å². The lowest BCUT2D eigenvalue weighted by molar-refractivity contribution is 0.252. The molecule has 3 N–H and O–H groups in total. The van der Waals surface area contributed by atoms with Gasteiger partial charge in [0.05, 0.1) is 11.4 Å². The lowest BCUT2D eigenvalue weighted by atomic mass is 10.3. The Bertz CT molecular complexity index is 679. The smallest absolute Gasteiger partial charge is 0.319 e. The lowest BCUT2D eigenvalue weighted by Gasteiger charge is -2.07. The molecule has 0 aliphatic rings. The van der Waals surface area contributed by atoms with Gasteiger partial charge in [0.15, 0.2) is 0 Å². The second-order valence-electron chi connectivity index (χ2n) is 3.89. The molecule has 20 heavy (non-hydrogen) atoms. The summed E-state index contributed by atoms with van der Waals surface area (Å²) in [4.78, 5) is 12.4. The van der Waals surface area contributed by atoms with Gasteiger partial charge in [-0.3, -0.25) is 4.55 Å². The molecule has 2 rings (SSSR count). The second kappa shape index (κ2) is 6.04. The summed E-state index contributed by atoms with van der Waals surface area (Å²) in [5, 5.41) is 7.15. The molecule has 0 atom stereocenters. The van der Waals surface area contributed by atoms with Crippen LogP contribution in [0.3, 0.4) is 0 Å². The maximum atomic E-state index is 11.6. The molecule has 0 fully saturated rings. The van der Waals surface area contributed by atoms with Crippen LogP contribution >= 0.6 is 11.3 Å². The molecule has 2 amide bonds. The first-order valence-corrected chi connectivity index (χ1v) is 7.92. The number of anilines is 1. The van der Waals surface area contributed by atoms with Crippen LogP contribution in [0.2, 0.25) is 0 Å². The topological polar surface area (TPSA) is 95.5 Å². The molecule has 0 spiro atoms. The van der Waals surface area contributed by atoms with Gasteiger partial charge in [0.2, 0.25) is 0 Å². The van der Waals surface area contributed by atoms with Crippen molar-refractivity contribution in [3.8, 4) is 0 Å². The first-order chi connectivity index (χ1) is 9.45. The fourth-order valence-corrected chi connectivity index (χ4v) is 2.59. The zero-order valence-electron chi connectivity index (χ0n) is 10.2. The summed E-state index contributed by atoms with van der Waals surface area (Å²) in [7, 11) is -4.21. The lowest BCUT2D eigenvalue weighted by Crippen LogP contribution is -2.27. The fraction of sp³-hybridized carbons (Fsp3) is 0.0833. The third kappa shape index (κ3) is 4.05. The Morgan fingerprint density at radius 2 is 1.90 bits per heavy atom. The largest absolute Gasteiger partial charge is 0.333 e. The Hall–Kier alpha value is -1.90. The number of carbonyl (C=O) groups excluding carboxylic acids is 1. The number of rotatable bonds is 4. The maximum absolute atomic E-state index is 11.6. The van der Waals surface area contributed by atoms with E-state index in [2.05, 4.69) is 10.6 Å². The van der Waals surface area contributed by atoms with Crippen molar-refractivity contribution in [2.75, 3.05) is 5.32 Å². The zero-order valence-corrected chi connectivity index (χ0v) is 11.9. The molecule has 0 unspecified atom stereocenters. The summed E-state index contributed by atoms with van der Waals surface area (Å²) in [6.45, 7) is 0.423.